The molecule has 0 aromatic heterocycles. The number of methoxy groups -OCH3 is 1. The summed E-state index contributed by atoms with van der Waals surface area (Å²) in [6.45, 7) is 0.370. The lowest BCUT2D eigenvalue weighted by molar-refractivity contribution is -0.151. The minimum atomic E-state index is -0.893. The van der Waals surface area contributed by atoms with Crippen LogP contribution in [0.3, 0.4) is 0 Å². The Balaban J connectivity index is 2.03. The Hall–Kier alpha value is -1.80. The van der Waals surface area contributed by atoms with E-state index in [1.165, 1.54) is 12.0 Å². The number of amides is 2. The standard InChI is InChI=1S/C15H16BrClN2O5/c1-23-14(21)7-11-15(22)18-4-5-19(11)13(20)8-24-12-3-2-9(17)6-10(12)16/h2-3,6,11H,4-5,7-8H2,1H3,(H,18,22)/t11-/m1/s1. The number of hydrogen-bond donors (Lipinski definition) is 1. The second-order valence-electron chi connectivity index (χ2n) is 5.04. The number of rotatable bonds is 5. The van der Waals surface area contributed by atoms with Gasteiger partial charge in [-0.1, -0.05) is 11.6 Å². The van der Waals surface area contributed by atoms with Gasteiger partial charge in [-0.25, -0.2) is 0 Å². The molecule has 1 aromatic carbocycles. The van der Waals surface area contributed by atoms with E-state index in [0.717, 1.165) is 0 Å². The largest absolute Gasteiger partial charge is 0.483 e. The number of carbonyl (C=O) groups excluding carboxylic acids is 3. The minimum Gasteiger partial charge on any atom is -0.483 e. The highest BCUT2D eigenvalue weighted by Crippen LogP contribution is 2.28. The summed E-state index contributed by atoms with van der Waals surface area (Å²) in [5, 5.41) is 3.17. The highest BCUT2D eigenvalue weighted by Gasteiger charge is 2.35. The number of piperazine rings is 1. The highest BCUT2D eigenvalue weighted by atomic mass is 79.9. The maximum Gasteiger partial charge on any atom is 0.308 e. The third kappa shape index (κ3) is 4.61. The molecule has 1 N–H and O–H groups in total. The van der Waals surface area contributed by atoms with Gasteiger partial charge < -0.3 is 19.7 Å². The molecule has 2 rings (SSSR count). The van der Waals surface area contributed by atoms with Gasteiger partial charge in [0.2, 0.25) is 5.91 Å². The Morgan fingerprint density at radius 1 is 1.46 bits per heavy atom. The van der Waals surface area contributed by atoms with E-state index in [0.29, 0.717) is 28.3 Å². The van der Waals surface area contributed by atoms with Crippen molar-refractivity contribution in [2.45, 2.75) is 12.5 Å². The van der Waals surface area contributed by atoms with Crippen molar-refractivity contribution < 1.29 is 23.9 Å². The number of carbonyl (C=O) groups is 3. The number of nitrogens with one attached hydrogen (secondary N) is 1. The van der Waals surface area contributed by atoms with Gasteiger partial charge in [-0.05, 0) is 34.1 Å². The number of nitrogens with zero attached hydrogens (tertiary/aromatic N) is 1. The van der Waals surface area contributed by atoms with Crippen molar-refractivity contribution in [1.82, 2.24) is 10.2 Å². The number of halogens is 2. The van der Waals surface area contributed by atoms with Gasteiger partial charge in [0.05, 0.1) is 18.0 Å². The van der Waals surface area contributed by atoms with E-state index >= 15 is 0 Å². The van der Waals surface area contributed by atoms with Crippen LogP contribution < -0.4 is 10.1 Å². The predicted molar refractivity (Wildman–Crippen MR) is 89.8 cm³/mol. The monoisotopic (exact) mass is 418 g/mol. The van der Waals surface area contributed by atoms with Crippen LogP contribution in [0, 0.1) is 0 Å². The number of esters is 1. The SMILES string of the molecule is COC(=O)C[C@@H]1C(=O)NCCN1C(=O)COc1ccc(Cl)cc1Br. The fraction of sp³-hybridized carbons (Fsp3) is 0.400. The van der Waals surface area contributed by atoms with Crippen molar-refractivity contribution in [1.29, 1.82) is 0 Å². The van der Waals surface area contributed by atoms with Crippen LogP contribution in [-0.2, 0) is 19.1 Å². The fourth-order valence-corrected chi connectivity index (χ4v) is 3.07. The van der Waals surface area contributed by atoms with Crippen molar-refractivity contribution in [2.24, 2.45) is 0 Å². The molecule has 0 radical (unpaired) electrons. The topological polar surface area (TPSA) is 84.9 Å². The third-order valence-electron chi connectivity index (χ3n) is 3.48. The number of hydrogen-bond acceptors (Lipinski definition) is 5. The second-order valence-corrected chi connectivity index (χ2v) is 6.33. The Kier molecular flexibility index (Phi) is 6.44. The first kappa shape index (κ1) is 18.5. The quantitative estimate of drug-likeness (QED) is 0.729. The summed E-state index contributed by atoms with van der Waals surface area (Å²) in [6.07, 6.45) is -0.196. The lowest BCUT2D eigenvalue weighted by Crippen LogP contribution is -2.58. The van der Waals surface area contributed by atoms with Gasteiger partial charge in [-0.3, -0.25) is 14.4 Å². The molecule has 1 atom stereocenters. The van der Waals surface area contributed by atoms with Crippen LogP contribution in [0.5, 0.6) is 5.75 Å². The molecule has 2 amide bonds. The highest BCUT2D eigenvalue weighted by molar-refractivity contribution is 9.10. The lowest BCUT2D eigenvalue weighted by Gasteiger charge is -2.34. The summed E-state index contributed by atoms with van der Waals surface area (Å²) in [5.74, 6) is -0.872. The molecule has 1 aromatic rings. The Labute approximate surface area is 152 Å². The zero-order valence-corrected chi connectivity index (χ0v) is 15.2. The fourth-order valence-electron chi connectivity index (χ4n) is 2.27. The minimum absolute atomic E-state index is 0.196. The van der Waals surface area contributed by atoms with Gasteiger partial charge in [-0.2, -0.15) is 0 Å². The third-order valence-corrected chi connectivity index (χ3v) is 4.34. The van der Waals surface area contributed by atoms with Gasteiger partial charge in [0.1, 0.15) is 11.8 Å². The molecule has 1 aliphatic heterocycles. The molecule has 1 aliphatic rings. The molecule has 0 unspecified atom stereocenters. The van der Waals surface area contributed by atoms with Crippen molar-refractivity contribution in [3.8, 4) is 5.75 Å². The van der Waals surface area contributed by atoms with Gasteiger partial charge in [0.15, 0.2) is 6.61 Å². The first-order chi connectivity index (χ1) is 11.4. The summed E-state index contributed by atoms with van der Waals surface area (Å²) in [4.78, 5) is 37.1. The lowest BCUT2D eigenvalue weighted by atomic mass is 10.1. The second kappa shape index (κ2) is 8.34. The van der Waals surface area contributed by atoms with Crippen molar-refractivity contribution in [2.75, 3.05) is 26.8 Å². The average molecular weight is 420 g/mol. The maximum atomic E-state index is 12.4. The summed E-state index contributed by atoms with van der Waals surface area (Å²) in [6, 6.07) is 4.03. The van der Waals surface area contributed by atoms with Crippen LogP contribution in [0.2, 0.25) is 5.02 Å². The Bertz CT molecular complexity index is 655. The normalized spacial score (nSPS) is 17.2. The smallest absolute Gasteiger partial charge is 0.308 e. The number of ether oxygens (including phenoxy) is 2. The van der Waals surface area contributed by atoms with Gasteiger partial charge >= 0.3 is 5.97 Å². The van der Waals surface area contributed by atoms with Crippen molar-refractivity contribution >= 4 is 45.3 Å². The molecule has 0 spiro atoms. The van der Waals surface area contributed by atoms with E-state index in [4.69, 9.17) is 16.3 Å². The zero-order chi connectivity index (χ0) is 17.7. The van der Waals surface area contributed by atoms with Gasteiger partial charge in [-0.15, -0.1) is 0 Å². The maximum absolute atomic E-state index is 12.4. The van der Waals surface area contributed by atoms with E-state index in [2.05, 4.69) is 26.0 Å². The molecule has 24 heavy (non-hydrogen) atoms. The molecule has 0 bridgehead atoms. The molecule has 0 saturated carbocycles. The zero-order valence-electron chi connectivity index (χ0n) is 12.9. The molecule has 0 aliphatic carbocycles. The van der Waals surface area contributed by atoms with Crippen LogP contribution in [0.4, 0.5) is 0 Å². The summed E-state index contributed by atoms with van der Waals surface area (Å²) < 4.78 is 10.7. The predicted octanol–water partition coefficient (Wildman–Crippen LogP) is 1.37. The van der Waals surface area contributed by atoms with Crippen LogP contribution in [0.25, 0.3) is 0 Å². The number of benzene rings is 1. The Morgan fingerprint density at radius 3 is 2.88 bits per heavy atom. The molecule has 7 nitrogen and oxygen atoms in total. The van der Waals surface area contributed by atoms with Crippen LogP contribution in [0.15, 0.2) is 22.7 Å². The summed E-state index contributed by atoms with van der Waals surface area (Å²) in [5.41, 5.74) is 0. The molecular weight excluding hydrogens is 404 g/mol. The molecule has 1 heterocycles. The van der Waals surface area contributed by atoms with Gasteiger partial charge in [0.25, 0.3) is 5.91 Å². The molecular formula is C15H16BrClN2O5. The van der Waals surface area contributed by atoms with Crippen LogP contribution in [-0.4, -0.2) is 55.5 Å². The molecule has 1 saturated heterocycles. The Morgan fingerprint density at radius 2 is 2.21 bits per heavy atom. The molecule has 1 fully saturated rings. The van der Waals surface area contributed by atoms with Crippen LogP contribution >= 0.6 is 27.5 Å². The van der Waals surface area contributed by atoms with Crippen molar-refractivity contribution in [3.63, 3.8) is 0 Å². The van der Waals surface area contributed by atoms with E-state index in [9.17, 15) is 14.4 Å². The van der Waals surface area contributed by atoms with Crippen LogP contribution in [0.1, 0.15) is 6.42 Å². The van der Waals surface area contributed by atoms with Crippen molar-refractivity contribution in [3.05, 3.63) is 27.7 Å². The molecule has 9 heteroatoms. The first-order valence-corrected chi connectivity index (χ1v) is 8.31. The first-order valence-electron chi connectivity index (χ1n) is 7.14. The van der Waals surface area contributed by atoms with E-state index < -0.39 is 12.0 Å². The van der Waals surface area contributed by atoms with E-state index in [1.807, 2.05) is 0 Å². The average Bonchev–Trinajstić information content (AvgIpc) is 2.55. The molecule has 130 valence electrons. The van der Waals surface area contributed by atoms with E-state index in [1.54, 1.807) is 18.2 Å². The van der Waals surface area contributed by atoms with E-state index in [-0.39, 0.29) is 24.8 Å². The summed E-state index contributed by atoms with van der Waals surface area (Å²) in [7, 11) is 1.23. The van der Waals surface area contributed by atoms with Gasteiger partial charge in [0, 0.05) is 18.1 Å². The summed E-state index contributed by atoms with van der Waals surface area (Å²) >= 11 is 9.15.